The van der Waals surface area contributed by atoms with Crippen molar-refractivity contribution in [1.29, 1.82) is 0 Å². The Hall–Kier alpha value is -0.320. The van der Waals surface area contributed by atoms with Gasteiger partial charge in [-0.1, -0.05) is 20.8 Å². The molecule has 0 spiro atoms. The third-order valence-electron chi connectivity index (χ3n) is 1.85. The first-order valence-electron chi connectivity index (χ1n) is 4.53. The monoisotopic (exact) mass is 224 g/mol. The van der Waals surface area contributed by atoms with Gasteiger partial charge in [0.2, 0.25) is 5.91 Å². The standard InChI is InChI=1S/C9H20N2O2.ClH/c1-9(2,3)7(10)8(13)11-5-4-6-12;/h7,12H,4-6,10H2,1-3H3,(H,11,13);1H/t7-;/m1./s1. The average Bonchev–Trinajstić information content (AvgIpc) is 2.01. The second-order valence-electron chi connectivity index (χ2n) is 4.21. The van der Waals surface area contributed by atoms with Crippen LogP contribution in [0.25, 0.3) is 0 Å². The lowest BCUT2D eigenvalue weighted by Gasteiger charge is -2.25. The third kappa shape index (κ3) is 6.18. The Labute approximate surface area is 91.7 Å². The molecule has 0 aliphatic rings. The van der Waals surface area contributed by atoms with Crippen molar-refractivity contribution in [2.75, 3.05) is 13.2 Å². The lowest BCUT2D eigenvalue weighted by atomic mass is 9.87. The summed E-state index contributed by atoms with van der Waals surface area (Å²) in [5.41, 5.74) is 5.48. The number of hydrogen-bond donors (Lipinski definition) is 3. The van der Waals surface area contributed by atoms with Gasteiger partial charge < -0.3 is 16.2 Å². The molecule has 0 aliphatic heterocycles. The molecule has 0 aliphatic carbocycles. The van der Waals surface area contributed by atoms with Crippen LogP contribution in [0.1, 0.15) is 27.2 Å². The molecule has 0 heterocycles. The number of amides is 1. The maximum absolute atomic E-state index is 11.3. The number of aliphatic hydroxyl groups excluding tert-OH is 1. The van der Waals surface area contributed by atoms with E-state index < -0.39 is 6.04 Å². The maximum atomic E-state index is 11.3. The fourth-order valence-electron chi connectivity index (χ4n) is 0.794. The topological polar surface area (TPSA) is 75.4 Å². The van der Waals surface area contributed by atoms with Crippen molar-refractivity contribution < 1.29 is 9.90 Å². The number of aliphatic hydroxyl groups is 1. The summed E-state index contributed by atoms with van der Waals surface area (Å²) in [5, 5.41) is 11.2. The van der Waals surface area contributed by atoms with Crippen molar-refractivity contribution in [1.82, 2.24) is 5.32 Å². The van der Waals surface area contributed by atoms with Crippen LogP contribution in [0.15, 0.2) is 0 Å². The lowest BCUT2D eigenvalue weighted by molar-refractivity contribution is -0.124. The number of carbonyl (C=O) groups excluding carboxylic acids is 1. The Morgan fingerprint density at radius 3 is 2.36 bits per heavy atom. The van der Waals surface area contributed by atoms with E-state index >= 15 is 0 Å². The number of halogens is 1. The highest BCUT2D eigenvalue weighted by atomic mass is 35.5. The molecule has 0 unspecified atom stereocenters. The summed E-state index contributed by atoms with van der Waals surface area (Å²) in [6.45, 7) is 6.33. The molecule has 0 aromatic heterocycles. The fraction of sp³-hybridized carbons (Fsp3) is 0.889. The van der Waals surface area contributed by atoms with Crippen molar-refractivity contribution >= 4 is 18.3 Å². The van der Waals surface area contributed by atoms with Gasteiger partial charge in [0.25, 0.3) is 0 Å². The largest absolute Gasteiger partial charge is 0.396 e. The van der Waals surface area contributed by atoms with E-state index in [1.807, 2.05) is 20.8 Å². The van der Waals surface area contributed by atoms with Gasteiger partial charge in [0.05, 0.1) is 6.04 Å². The van der Waals surface area contributed by atoms with Crippen LogP contribution in [0.3, 0.4) is 0 Å². The molecular formula is C9H21ClN2O2. The number of hydrogen-bond acceptors (Lipinski definition) is 3. The van der Waals surface area contributed by atoms with Crippen LogP contribution < -0.4 is 11.1 Å². The van der Waals surface area contributed by atoms with E-state index in [4.69, 9.17) is 10.8 Å². The molecule has 4 nitrogen and oxygen atoms in total. The summed E-state index contributed by atoms with van der Waals surface area (Å²) in [5.74, 6) is -0.152. The summed E-state index contributed by atoms with van der Waals surface area (Å²) in [6, 6.07) is -0.494. The minimum Gasteiger partial charge on any atom is -0.396 e. The SMILES string of the molecule is CC(C)(C)[C@H](N)C(=O)NCCCO.Cl. The van der Waals surface area contributed by atoms with Gasteiger partial charge in [0.15, 0.2) is 0 Å². The molecular weight excluding hydrogens is 204 g/mol. The lowest BCUT2D eigenvalue weighted by Crippen LogP contribution is -2.48. The molecule has 0 fully saturated rings. The van der Waals surface area contributed by atoms with Crippen molar-refractivity contribution in [3.63, 3.8) is 0 Å². The molecule has 0 aromatic rings. The molecule has 86 valence electrons. The molecule has 0 aromatic carbocycles. The molecule has 0 bridgehead atoms. The summed E-state index contributed by atoms with van der Waals surface area (Å²) in [4.78, 5) is 11.3. The highest BCUT2D eigenvalue weighted by Gasteiger charge is 2.26. The normalized spacial score (nSPS) is 12.9. The van der Waals surface area contributed by atoms with Crippen LogP contribution in [0.5, 0.6) is 0 Å². The Balaban J connectivity index is 0. The fourth-order valence-corrected chi connectivity index (χ4v) is 0.794. The number of nitrogens with one attached hydrogen (secondary N) is 1. The summed E-state index contributed by atoms with van der Waals surface area (Å²) in [7, 11) is 0. The molecule has 0 saturated carbocycles. The first kappa shape index (κ1) is 16.1. The number of carbonyl (C=O) groups is 1. The quantitative estimate of drug-likeness (QED) is 0.601. The zero-order chi connectivity index (χ0) is 10.5. The third-order valence-corrected chi connectivity index (χ3v) is 1.85. The second kappa shape index (κ2) is 7.04. The van der Waals surface area contributed by atoms with Crippen LogP contribution in [0.2, 0.25) is 0 Å². The zero-order valence-corrected chi connectivity index (χ0v) is 9.86. The highest BCUT2D eigenvalue weighted by molar-refractivity contribution is 5.85. The second-order valence-corrected chi connectivity index (χ2v) is 4.21. The van der Waals surface area contributed by atoms with Gasteiger partial charge in [-0.3, -0.25) is 4.79 Å². The predicted octanol–water partition coefficient (Wildman–Crippen LogP) is 0.280. The summed E-state index contributed by atoms with van der Waals surface area (Å²) in [6.07, 6.45) is 0.572. The average molecular weight is 225 g/mol. The van der Waals surface area contributed by atoms with E-state index in [9.17, 15) is 4.79 Å². The molecule has 0 radical (unpaired) electrons. The van der Waals surface area contributed by atoms with E-state index in [1.54, 1.807) is 0 Å². The smallest absolute Gasteiger partial charge is 0.237 e. The molecule has 0 saturated heterocycles. The Morgan fingerprint density at radius 2 is 2.00 bits per heavy atom. The Bertz CT molecular complexity index is 169. The van der Waals surface area contributed by atoms with E-state index in [1.165, 1.54) is 0 Å². The van der Waals surface area contributed by atoms with Crippen LogP contribution >= 0.6 is 12.4 Å². The first-order valence-corrected chi connectivity index (χ1v) is 4.53. The van der Waals surface area contributed by atoms with Gasteiger partial charge >= 0.3 is 0 Å². The van der Waals surface area contributed by atoms with Gasteiger partial charge in [-0.05, 0) is 11.8 Å². The van der Waals surface area contributed by atoms with E-state index in [2.05, 4.69) is 5.32 Å². The van der Waals surface area contributed by atoms with Crippen LogP contribution in [0, 0.1) is 5.41 Å². The van der Waals surface area contributed by atoms with E-state index in [0.29, 0.717) is 13.0 Å². The zero-order valence-electron chi connectivity index (χ0n) is 9.04. The van der Waals surface area contributed by atoms with Crippen molar-refractivity contribution in [2.24, 2.45) is 11.1 Å². The molecule has 14 heavy (non-hydrogen) atoms. The van der Waals surface area contributed by atoms with Gasteiger partial charge in [-0.25, -0.2) is 0 Å². The van der Waals surface area contributed by atoms with Gasteiger partial charge in [-0.2, -0.15) is 0 Å². The minimum atomic E-state index is -0.494. The van der Waals surface area contributed by atoms with Gasteiger partial charge in [0.1, 0.15) is 0 Å². The number of rotatable bonds is 4. The molecule has 1 atom stereocenters. The molecule has 1 amide bonds. The summed E-state index contributed by atoms with van der Waals surface area (Å²) < 4.78 is 0. The molecule has 0 rings (SSSR count). The van der Waals surface area contributed by atoms with E-state index in [-0.39, 0.29) is 30.3 Å². The van der Waals surface area contributed by atoms with Crippen LogP contribution in [-0.2, 0) is 4.79 Å². The maximum Gasteiger partial charge on any atom is 0.237 e. The van der Waals surface area contributed by atoms with Crippen LogP contribution in [-0.4, -0.2) is 30.2 Å². The summed E-state index contributed by atoms with van der Waals surface area (Å²) >= 11 is 0. The molecule has 5 heteroatoms. The molecule has 4 N–H and O–H groups in total. The first-order chi connectivity index (χ1) is 5.89. The van der Waals surface area contributed by atoms with Crippen LogP contribution in [0.4, 0.5) is 0 Å². The number of nitrogens with two attached hydrogens (primary N) is 1. The van der Waals surface area contributed by atoms with Gasteiger partial charge in [0, 0.05) is 13.2 Å². The Kier molecular flexibility index (Phi) is 8.10. The Morgan fingerprint density at radius 1 is 1.50 bits per heavy atom. The van der Waals surface area contributed by atoms with Crippen molar-refractivity contribution in [3.8, 4) is 0 Å². The van der Waals surface area contributed by atoms with Crippen molar-refractivity contribution in [2.45, 2.75) is 33.2 Å². The van der Waals surface area contributed by atoms with Gasteiger partial charge in [-0.15, -0.1) is 12.4 Å². The minimum absolute atomic E-state index is 0. The van der Waals surface area contributed by atoms with E-state index in [0.717, 1.165) is 0 Å². The predicted molar refractivity (Wildman–Crippen MR) is 59.4 cm³/mol. The van der Waals surface area contributed by atoms with Crippen molar-refractivity contribution in [3.05, 3.63) is 0 Å². The highest BCUT2D eigenvalue weighted by Crippen LogP contribution is 2.16.